The van der Waals surface area contributed by atoms with Gasteiger partial charge in [-0.25, -0.2) is 0 Å². The molecule has 1 unspecified atom stereocenters. The first-order valence-electron chi connectivity index (χ1n) is 11.2. The number of amides is 2. The van der Waals surface area contributed by atoms with Crippen LogP contribution in [0.4, 0.5) is 10.7 Å². The predicted octanol–water partition coefficient (Wildman–Crippen LogP) is 7.37. The summed E-state index contributed by atoms with van der Waals surface area (Å²) in [5.41, 5.74) is 4.10. The molecule has 6 heteroatoms. The van der Waals surface area contributed by atoms with Gasteiger partial charge in [0.15, 0.2) is 0 Å². The fourth-order valence-corrected chi connectivity index (χ4v) is 5.79. The van der Waals surface area contributed by atoms with E-state index < -0.39 is 0 Å². The fourth-order valence-electron chi connectivity index (χ4n) is 4.34. The lowest BCUT2D eigenvalue weighted by atomic mass is 9.72. The molecule has 0 saturated carbocycles. The molecule has 2 N–H and O–H groups in total. The third-order valence-electron chi connectivity index (χ3n) is 6.33. The molecule has 0 spiro atoms. The maximum atomic E-state index is 13.4. The molecule has 0 radical (unpaired) electrons. The second-order valence-electron chi connectivity index (χ2n) is 9.80. The molecular weight excluding hydrogens is 452 g/mol. The van der Waals surface area contributed by atoms with Gasteiger partial charge in [0, 0.05) is 21.2 Å². The van der Waals surface area contributed by atoms with Crippen LogP contribution in [0.3, 0.4) is 0 Å². The number of thiophene rings is 1. The summed E-state index contributed by atoms with van der Waals surface area (Å²) in [5, 5.41) is 7.25. The lowest BCUT2D eigenvalue weighted by Crippen LogP contribution is -2.27. The molecular formula is C27H29ClN2O2S. The van der Waals surface area contributed by atoms with Crippen molar-refractivity contribution in [3.05, 3.63) is 80.7 Å². The average molecular weight is 481 g/mol. The van der Waals surface area contributed by atoms with Crippen LogP contribution in [0.25, 0.3) is 0 Å². The molecule has 1 aliphatic rings. The normalized spacial score (nSPS) is 15.6. The Morgan fingerprint density at radius 1 is 1.03 bits per heavy atom. The highest BCUT2D eigenvalue weighted by Gasteiger charge is 2.34. The van der Waals surface area contributed by atoms with E-state index in [4.69, 9.17) is 11.6 Å². The molecule has 1 aromatic heterocycles. The fraction of sp³-hybridized carbons (Fsp3) is 0.333. The van der Waals surface area contributed by atoms with Gasteiger partial charge < -0.3 is 10.6 Å². The zero-order chi connectivity index (χ0) is 23.8. The van der Waals surface area contributed by atoms with E-state index in [9.17, 15) is 9.59 Å². The molecule has 3 aromatic rings. The largest absolute Gasteiger partial charge is 0.322 e. The number of halogens is 1. The van der Waals surface area contributed by atoms with Crippen molar-refractivity contribution in [3.8, 4) is 0 Å². The van der Waals surface area contributed by atoms with Gasteiger partial charge in [0.1, 0.15) is 5.00 Å². The Labute approximate surface area is 204 Å². The zero-order valence-electron chi connectivity index (χ0n) is 19.4. The predicted molar refractivity (Wildman–Crippen MR) is 138 cm³/mol. The van der Waals surface area contributed by atoms with E-state index in [-0.39, 0.29) is 17.2 Å². The van der Waals surface area contributed by atoms with Crippen molar-refractivity contribution in [2.45, 2.75) is 47.0 Å². The summed E-state index contributed by atoms with van der Waals surface area (Å²) >= 11 is 7.52. The number of hydrogen-bond acceptors (Lipinski definition) is 3. The monoisotopic (exact) mass is 480 g/mol. The Morgan fingerprint density at radius 2 is 1.76 bits per heavy atom. The maximum absolute atomic E-state index is 13.4. The van der Waals surface area contributed by atoms with Gasteiger partial charge in [-0.15, -0.1) is 11.3 Å². The quantitative estimate of drug-likeness (QED) is 0.409. The topological polar surface area (TPSA) is 58.2 Å². The lowest BCUT2D eigenvalue weighted by Gasteiger charge is -2.33. The van der Waals surface area contributed by atoms with Crippen molar-refractivity contribution in [1.29, 1.82) is 0 Å². The van der Waals surface area contributed by atoms with Gasteiger partial charge in [-0.05, 0) is 79.5 Å². The van der Waals surface area contributed by atoms with Crippen molar-refractivity contribution in [2.24, 2.45) is 11.3 Å². The van der Waals surface area contributed by atoms with E-state index in [1.807, 2.05) is 25.1 Å². The highest BCUT2D eigenvalue weighted by Crippen LogP contribution is 2.44. The van der Waals surface area contributed by atoms with Crippen LogP contribution in [-0.2, 0) is 12.8 Å². The number of benzene rings is 2. The summed E-state index contributed by atoms with van der Waals surface area (Å²) in [6, 6.07) is 14.5. The number of anilines is 2. The van der Waals surface area contributed by atoms with Crippen LogP contribution in [0.1, 0.15) is 63.9 Å². The van der Waals surface area contributed by atoms with Crippen molar-refractivity contribution in [1.82, 2.24) is 0 Å². The lowest BCUT2D eigenvalue weighted by molar-refractivity contribution is 0.102. The van der Waals surface area contributed by atoms with Crippen LogP contribution in [0, 0.1) is 18.3 Å². The molecule has 1 heterocycles. The van der Waals surface area contributed by atoms with Crippen LogP contribution in [0.5, 0.6) is 0 Å². The SMILES string of the molecule is Cc1cccc(C(=O)Nc2sc3c(c2C(=O)Nc2ccc(Cl)cc2)CCC(C(C)(C)C)C3)c1. The number of rotatable bonds is 4. The summed E-state index contributed by atoms with van der Waals surface area (Å²) in [7, 11) is 0. The van der Waals surface area contributed by atoms with Crippen LogP contribution in [0.2, 0.25) is 5.02 Å². The minimum absolute atomic E-state index is 0.193. The molecule has 0 saturated heterocycles. The van der Waals surface area contributed by atoms with Gasteiger partial charge >= 0.3 is 0 Å². The Hall–Kier alpha value is -2.63. The van der Waals surface area contributed by atoms with Gasteiger partial charge in [-0.1, -0.05) is 50.1 Å². The minimum atomic E-state index is -0.205. The van der Waals surface area contributed by atoms with Crippen molar-refractivity contribution in [3.63, 3.8) is 0 Å². The van der Waals surface area contributed by atoms with E-state index in [0.29, 0.717) is 32.8 Å². The highest BCUT2D eigenvalue weighted by molar-refractivity contribution is 7.17. The van der Waals surface area contributed by atoms with Crippen molar-refractivity contribution < 1.29 is 9.59 Å². The molecule has 4 nitrogen and oxygen atoms in total. The number of nitrogens with one attached hydrogen (secondary N) is 2. The molecule has 2 aromatic carbocycles. The van der Waals surface area contributed by atoms with Gasteiger partial charge in [-0.2, -0.15) is 0 Å². The third-order valence-corrected chi connectivity index (χ3v) is 7.75. The van der Waals surface area contributed by atoms with Gasteiger partial charge in [-0.3, -0.25) is 9.59 Å². The molecule has 0 fully saturated rings. The van der Waals surface area contributed by atoms with Crippen LogP contribution >= 0.6 is 22.9 Å². The number of fused-ring (bicyclic) bond motifs is 1. The first-order chi connectivity index (χ1) is 15.6. The Bertz CT molecular complexity index is 1190. The van der Waals surface area contributed by atoms with Crippen LogP contribution in [0.15, 0.2) is 48.5 Å². The van der Waals surface area contributed by atoms with Gasteiger partial charge in [0.2, 0.25) is 0 Å². The summed E-state index contributed by atoms with van der Waals surface area (Å²) in [5.74, 6) is 0.130. The van der Waals surface area contributed by atoms with Crippen LogP contribution in [-0.4, -0.2) is 11.8 Å². The third kappa shape index (κ3) is 5.31. The molecule has 1 atom stereocenters. The molecule has 33 heavy (non-hydrogen) atoms. The average Bonchev–Trinajstić information content (AvgIpc) is 3.11. The van der Waals surface area contributed by atoms with E-state index in [1.165, 1.54) is 16.2 Å². The molecule has 0 bridgehead atoms. The summed E-state index contributed by atoms with van der Waals surface area (Å²) in [6.07, 6.45) is 2.78. The van der Waals surface area contributed by atoms with E-state index >= 15 is 0 Å². The Balaban J connectivity index is 1.68. The molecule has 0 aliphatic heterocycles. The van der Waals surface area contributed by atoms with Crippen molar-refractivity contribution in [2.75, 3.05) is 10.6 Å². The summed E-state index contributed by atoms with van der Waals surface area (Å²) in [6.45, 7) is 8.76. The second kappa shape index (κ2) is 9.32. The molecule has 1 aliphatic carbocycles. The Kier molecular flexibility index (Phi) is 6.64. The van der Waals surface area contributed by atoms with E-state index in [2.05, 4.69) is 31.4 Å². The van der Waals surface area contributed by atoms with Gasteiger partial charge in [0.05, 0.1) is 5.56 Å². The summed E-state index contributed by atoms with van der Waals surface area (Å²) in [4.78, 5) is 27.6. The van der Waals surface area contributed by atoms with E-state index in [1.54, 1.807) is 30.3 Å². The zero-order valence-corrected chi connectivity index (χ0v) is 21.0. The first-order valence-corrected chi connectivity index (χ1v) is 12.4. The first kappa shape index (κ1) is 23.5. The van der Waals surface area contributed by atoms with Crippen LogP contribution < -0.4 is 10.6 Å². The molecule has 2 amide bonds. The number of hydrogen-bond donors (Lipinski definition) is 2. The molecule has 172 valence electrons. The van der Waals surface area contributed by atoms with Crippen molar-refractivity contribution >= 4 is 45.4 Å². The van der Waals surface area contributed by atoms with Gasteiger partial charge in [0.25, 0.3) is 11.8 Å². The number of aryl methyl sites for hydroxylation is 1. The Morgan fingerprint density at radius 3 is 2.42 bits per heavy atom. The molecule has 4 rings (SSSR count). The standard InChI is InChI=1S/C27H29ClN2O2S/c1-16-6-5-7-17(14-16)24(31)30-26-23(25(32)29-20-11-9-19(28)10-12-20)21-13-8-18(27(2,3)4)15-22(21)33-26/h5-7,9-12,14,18H,8,13,15H2,1-4H3,(H,29,32)(H,30,31). The number of carbonyl (C=O) groups excluding carboxylic acids is 2. The minimum Gasteiger partial charge on any atom is -0.322 e. The maximum Gasteiger partial charge on any atom is 0.258 e. The number of carbonyl (C=O) groups is 2. The highest BCUT2D eigenvalue weighted by atomic mass is 35.5. The second-order valence-corrected chi connectivity index (χ2v) is 11.3. The summed E-state index contributed by atoms with van der Waals surface area (Å²) < 4.78 is 0. The smallest absolute Gasteiger partial charge is 0.258 e. The van der Waals surface area contributed by atoms with E-state index in [0.717, 1.165) is 30.4 Å².